The van der Waals surface area contributed by atoms with Crippen molar-refractivity contribution in [3.8, 4) is 0 Å². The number of nitrogens with one attached hydrogen (secondary N) is 1. The summed E-state index contributed by atoms with van der Waals surface area (Å²) in [5.74, 6) is 0.614. The van der Waals surface area contributed by atoms with Crippen LogP contribution in [0.25, 0.3) is 0 Å². The van der Waals surface area contributed by atoms with Gasteiger partial charge in [0.25, 0.3) is 5.91 Å². The molecular weight excluding hydrogens is 342 g/mol. The van der Waals surface area contributed by atoms with E-state index >= 15 is 0 Å². The van der Waals surface area contributed by atoms with Crippen LogP contribution in [-0.2, 0) is 9.53 Å². The summed E-state index contributed by atoms with van der Waals surface area (Å²) in [6.45, 7) is 3.91. The maximum atomic E-state index is 12.9. The molecule has 1 saturated carbocycles. The van der Waals surface area contributed by atoms with Crippen molar-refractivity contribution in [1.29, 1.82) is 0 Å². The molecule has 1 heterocycles. The second kappa shape index (κ2) is 9.85. The van der Waals surface area contributed by atoms with E-state index in [1.165, 1.54) is 12.8 Å². The summed E-state index contributed by atoms with van der Waals surface area (Å²) in [5, 5.41) is 3.03. The van der Waals surface area contributed by atoms with Crippen LogP contribution >= 0.6 is 0 Å². The number of amides is 2. The lowest BCUT2D eigenvalue weighted by atomic mass is 9.95. The zero-order chi connectivity index (χ0) is 19.1. The van der Waals surface area contributed by atoms with E-state index in [1.54, 1.807) is 7.11 Å². The van der Waals surface area contributed by atoms with Gasteiger partial charge in [0.15, 0.2) is 0 Å². The quantitative estimate of drug-likeness (QED) is 0.740. The molecule has 3 rings (SSSR count). The first kappa shape index (κ1) is 19.8. The first-order valence-corrected chi connectivity index (χ1v) is 10.1. The molecule has 0 aromatic heterocycles. The summed E-state index contributed by atoms with van der Waals surface area (Å²) < 4.78 is 5.05. The Balaban J connectivity index is 1.60. The Hall–Kier alpha value is -1.92. The van der Waals surface area contributed by atoms with E-state index in [4.69, 9.17) is 4.74 Å². The van der Waals surface area contributed by atoms with Crippen molar-refractivity contribution in [3.63, 3.8) is 0 Å². The summed E-state index contributed by atoms with van der Waals surface area (Å²) in [6.07, 6.45) is 4.65. The van der Waals surface area contributed by atoms with E-state index in [0.717, 1.165) is 31.5 Å². The van der Waals surface area contributed by atoms with Gasteiger partial charge in [-0.3, -0.25) is 14.5 Å². The average molecular weight is 373 g/mol. The number of hydrogen-bond acceptors (Lipinski definition) is 4. The lowest BCUT2D eigenvalue weighted by Crippen LogP contribution is -2.58. The number of methoxy groups -OCH3 is 1. The molecule has 1 aromatic rings. The second-order valence-corrected chi connectivity index (χ2v) is 7.47. The Kier molecular flexibility index (Phi) is 7.24. The first-order chi connectivity index (χ1) is 13.2. The van der Waals surface area contributed by atoms with Gasteiger partial charge in [-0.1, -0.05) is 31.0 Å². The minimum atomic E-state index is -0.0849. The number of carbonyl (C=O) groups excluding carboxylic acids is 2. The fraction of sp³-hybridized carbons (Fsp3) is 0.619. The number of hydrogen-bond donors (Lipinski definition) is 1. The molecule has 1 atom stereocenters. The standard InChI is InChI=1S/C21H31N3O3/c1-27-16-11-22-20(25)19(17-7-5-6-8-17)23-12-14-24(15-13-23)21(26)18-9-3-2-4-10-18/h2-4,9-10,17,19H,5-8,11-16H2,1H3,(H,22,25). The third-order valence-corrected chi connectivity index (χ3v) is 5.74. The molecule has 6 heteroatoms. The highest BCUT2D eigenvalue weighted by atomic mass is 16.5. The maximum Gasteiger partial charge on any atom is 0.253 e. The number of carbonyl (C=O) groups is 2. The largest absolute Gasteiger partial charge is 0.383 e. The first-order valence-electron chi connectivity index (χ1n) is 10.1. The zero-order valence-corrected chi connectivity index (χ0v) is 16.2. The van der Waals surface area contributed by atoms with Crippen LogP contribution in [0.15, 0.2) is 30.3 Å². The average Bonchev–Trinajstić information content (AvgIpc) is 3.23. The van der Waals surface area contributed by atoms with Gasteiger partial charge in [-0.15, -0.1) is 0 Å². The van der Waals surface area contributed by atoms with Crippen LogP contribution < -0.4 is 5.32 Å². The second-order valence-electron chi connectivity index (χ2n) is 7.47. The van der Waals surface area contributed by atoms with Gasteiger partial charge in [0.2, 0.25) is 5.91 Å². The van der Waals surface area contributed by atoms with Gasteiger partial charge in [-0.05, 0) is 30.9 Å². The summed E-state index contributed by atoms with van der Waals surface area (Å²) in [4.78, 5) is 29.7. The minimum Gasteiger partial charge on any atom is -0.383 e. The molecule has 1 aliphatic heterocycles. The zero-order valence-electron chi connectivity index (χ0n) is 16.2. The lowest BCUT2D eigenvalue weighted by Gasteiger charge is -2.40. The Bertz CT molecular complexity index is 608. The highest BCUT2D eigenvalue weighted by Crippen LogP contribution is 2.31. The van der Waals surface area contributed by atoms with E-state index < -0.39 is 0 Å². The molecule has 1 unspecified atom stereocenters. The molecule has 0 radical (unpaired) electrons. The van der Waals surface area contributed by atoms with Crippen molar-refractivity contribution in [3.05, 3.63) is 35.9 Å². The van der Waals surface area contributed by atoms with Crippen molar-refractivity contribution in [2.45, 2.75) is 31.7 Å². The molecule has 1 aliphatic carbocycles. The Morgan fingerprint density at radius 3 is 2.41 bits per heavy atom. The molecule has 0 spiro atoms. The van der Waals surface area contributed by atoms with Gasteiger partial charge in [0.1, 0.15) is 0 Å². The Morgan fingerprint density at radius 2 is 1.78 bits per heavy atom. The topological polar surface area (TPSA) is 61.9 Å². The summed E-state index contributed by atoms with van der Waals surface area (Å²) in [7, 11) is 1.64. The normalized spacial score (nSPS) is 19.8. The van der Waals surface area contributed by atoms with E-state index in [2.05, 4.69) is 10.2 Å². The lowest BCUT2D eigenvalue weighted by molar-refractivity contribution is -0.129. The van der Waals surface area contributed by atoms with Crippen LogP contribution in [-0.4, -0.2) is 74.1 Å². The van der Waals surface area contributed by atoms with Crippen molar-refractivity contribution in [2.75, 3.05) is 46.4 Å². The van der Waals surface area contributed by atoms with Gasteiger partial charge in [-0.25, -0.2) is 0 Å². The molecule has 6 nitrogen and oxygen atoms in total. The molecule has 2 aliphatic rings. The smallest absolute Gasteiger partial charge is 0.253 e. The minimum absolute atomic E-state index is 0.0808. The van der Waals surface area contributed by atoms with Gasteiger partial charge < -0.3 is 15.0 Å². The Morgan fingerprint density at radius 1 is 1.11 bits per heavy atom. The predicted molar refractivity (Wildman–Crippen MR) is 105 cm³/mol. The predicted octanol–water partition coefficient (Wildman–Crippen LogP) is 1.77. The van der Waals surface area contributed by atoms with Crippen molar-refractivity contribution < 1.29 is 14.3 Å². The van der Waals surface area contributed by atoms with E-state index in [9.17, 15) is 9.59 Å². The van der Waals surface area contributed by atoms with E-state index in [1.807, 2.05) is 35.2 Å². The molecular formula is C21H31N3O3. The van der Waals surface area contributed by atoms with Crippen LogP contribution in [0, 0.1) is 5.92 Å². The third-order valence-electron chi connectivity index (χ3n) is 5.74. The SMILES string of the molecule is COCCNC(=O)C(C1CCCC1)N1CCN(C(=O)c2ccccc2)CC1. The van der Waals surface area contributed by atoms with Crippen LogP contribution in [0.4, 0.5) is 0 Å². The van der Waals surface area contributed by atoms with Gasteiger partial charge in [-0.2, -0.15) is 0 Å². The highest BCUT2D eigenvalue weighted by molar-refractivity contribution is 5.94. The van der Waals surface area contributed by atoms with E-state index in [0.29, 0.717) is 32.2 Å². The number of rotatable bonds is 7. The van der Waals surface area contributed by atoms with Gasteiger partial charge >= 0.3 is 0 Å². The number of nitrogens with zero attached hydrogens (tertiary/aromatic N) is 2. The summed E-state index contributed by atoms with van der Waals surface area (Å²) in [6, 6.07) is 9.34. The van der Waals surface area contributed by atoms with Crippen molar-refractivity contribution in [2.24, 2.45) is 5.92 Å². The molecule has 1 saturated heterocycles. The van der Waals surface area contributed by atoms with Gasteiger partial charge in [0, 0.05) is 45.4 Å². The van der Waals surface area contributed by atoms with Crippen LogP contribution in [0.1, 0.15) is 36.0 Å². The summed E-state index contributed by atoms with van der Waals surface area (Å²) >= 11 is 0. The third kappa shape index (κ3) is 5.08. The highest BCUT2D eigenvalue weighted by Gasteiger charge is 2.37. The number of piperazine rings is 1. The monoisotopic (exact) mass is 373 g/mol. The van der Waals surface area contributed by atoms with Crippen LogP contribution in [0.5, 0.6) is 0 Å². The van der Waals surface area contributed by atoms with Gasteiger partial charge in [0.05, 0.1) is 12.6 Å². The molecule has 2 fully saturated rings. The fourth-order valence-corrected chi connectivity index (χ4v) is 4.30. The van der Waals surface area contributed by atoms with Crippen molar-refractivity contribution >= 4 is 11.8 Å². The number of ether oxygens (including phenoxy) is 1. The summed E-state index contributed by atoms with van der Waals surface area (Å²) in [5.41, 5.74) is 0.732. The Labute approximate surface area is 161 Å². The van der Waals surface area contributed by atoms with Crippen LogP contribution in [0.2, 0.25) is 0 Å². The molecule has 27 heavy (non-hydrogen) atoms. The molecule has 2 amide bonds. The molecule has 1 N–H and O–H groups in total. The maximum absolute atomic E-state index is 12.9. The van der Waals surface area contributed by atoms with Crippen LogP contribution in [0.3, 0.4) is 0 Å². The molecule has 0 bridgehead atoms. The van der Waals surface area contributed by atoms with Crippen molar-refractivity contribution in [1.82, 2.24) is 15.1 Å². The number of benzene rings is 1. The molecule has 1 aromatic carbocycles. The molecule has 148 valence electrons. The van der Waals surface area contributed by atoms with E-state index in [-0.39, 0.29) is 17.9 Å². The fourth-order valence-electron chi connectivity index (χ4n) is 4.30.